The zero-order valence-corrected chi connectivity index (χ0v) is 17.3. The maximum Gasteiger partial charge on any atom is 0.420 e. The molecule has 1 saturated heterocycles. The molecular weight excluding hydrogens is 433 g/mol. The molecule has 11 heteroatoms. The van der Waals surface area contributed by atoms with Crippen LogP contribution in [-0.4, -0.2) is 43.1 Å². The van der Waals surface area contributed by atoms with Gasteiger partial charge >= 0.3 is 6.18 Å². The van der Waals surface area contributed by atoms with Gasteiger partial charge in [0.15, 0.2) is 6.61 Å². The number of halogens is 3. The van der Waals surface area contributed by atoms with Crippen LogP contribution < -0.4 is 14.2 Å². The summed E-state index contributed by atoms with van der Waals surface area (Å²) in [6.45, 7) is -0.247. The van der Waals surface area contributed by atoms with Crippen LogP contribution in [0.25, 0.3) is 0 Å². The van der Waals surface area contributed by atoms with Crippen molar-refractivity contribution in [3.8, 4) is 17.2 Å². The number of carbonyl (C=O) groups is 1. The van der Waals surface area contributed by atoms with Crippen molar-refractivity contribution in [2.75, 3.05) is 27.4 Å². The Kier molecular flexibility index (Phi) is 6.75. The Morgan fingerprint density at radius 1 is 1.16 bits per heavy atom. The van der Waals surface area contributed by atoms with Gasteiger partial charge in [0.2, 0.25) is 0 Å². The number of non-ortho nitro benzene ring substituents is 1. The topological polar surface area (TPSA) is 91.1 Å². The molecule has 0 N–H and O–H groups in total. The van der Waals surface area contributed by atoms with E-state index in [1.54, 1.807) is 18.2 Å². The smallest absolute Gasteiger partial charge is 0.420 e. The summed E-state index contributed by atoms with van der Waals surface area (Å²) in [5.41, 5.74) is -1.31. The van der Waals surface area contributed by atoms with E-state index in [-0.39, 0.29) is 6.04 Å². The van der Waals surface area contributed by atoms with Crippen LogP contribution >= 0.6 is 0 Å². The lowest BCUT2D eigenvalue weighted by molar-refractivity contribution is -0.385. The van der Waals surface area contributed by atoms with Gasteiger partial charge in [-0.25, -0.2) is 0 Å². The summed E-state index contributed by atoms with van der Waals surface area (Å²) in [6.07, 6.45) is -3.54. The number of nitro groups is 1. The molecule has 0 spiro atoms. The number of hydrogen-bond donors (Lipinski definition) is 0. The van der Waals surface area contributed by atoms with Gasteiger partial charge in [0.25, 0.3) is 11.6 Å². The average molecular weight is 454 g/mol. The second-order valence-corrected chi connectivity index (χ2v) is 7.08. The normalized spacial score (nSPS) is 16.0. The van der Waals surface area contributed by atoms with E-state index in [0.717, 1.165) is 17.7 Å². The molecular formula is C21H21F3N2O6. The van der Waals surface area contributed by atoms with E-state index in [9.17, 15) is 28.1 Å². The van der Waals surface area contributed by atoms with Gasteiger partial charge in [0.05, 0.1) is 25.2 Å². The lowest BCUT2D eigenvalue weighted by Crippen LogP contribution is -2.34. The molecule has 2 aromatic carbocycles. The van der Waals surface area contributed by atoms with Crippen LogP contribution in [0.1, 0.15) is 30.0 Å². The summed E-state index contributed by atoms with van der Waals surface area (Å²) in [6, 6.07) is 6.98. The molecule has 0 saturated carbocycles. The van der Waals surface area contributed by atoms with E-state index in [1.165, 1.54) is 19.1 Å². The molecule has 172 valence electrons. The predicted molar refractivity (Wildman–Crippen MR) is 107 cm³/mol. The Labute approximate surface area is 181 Å². The van der Waals surface area contributed by atoms with Gasteiger partial charge < -0.3 is 19.1 Å². The molecule has 1 atom stereocenters. The van der Waals surface area contributed by atoms with Crippen molar-refractivity contribution in [2.45, 2.75) is 25.1 Å². The number of methoxy groups -OCH3 is 2. The number of hydrogen-bond acceptors (Lipinski definition) is 6. The van der Waals surface area contributed by atoms with E-state index < -0.39 is 40.6 Å². The maximum absolute atomic E-state index is 13.3. The quantitative estimate of drug-likeness (QED) is 0.456. The molecule has 32 heavy (non-hydrogen) atoms. The van der Waals surface area contributed by atoms with Crippen molar-refractivity contribution in [3.05, 3.63) is 57.6 Å². The van der Waals surface area contributed by atoms with E-state index in [4.69, 9.17) is 14.2 Å². The molecule has 1 unspecified atom stereocenters. The SMILES string of the molecule is COc1ccc(OC)c(C2CCCN2C(=O)COc2ccc([N+](=O)[O-])cc2C(F)(F)F)c1. The third kappa shape index (κ3) is 4.87. The number of rotatable bonds is 7. The second-order valence-electron chi connectivity index (χ2n) is 7.08. The van der Waals surface area contributed by atoms with E-state index in [0.29, 0.717) is 37.0 Å². The maximum atomic E-state index is 13.3. The number of ether oxygens (including phenoxy) is 3. The van der Waals surface area contributed by atoms with Gasteiger partial charge in [-0.1, -0.05) is 0 Å². The molecule has 1 aliphatic heterocycles. The standard InChI is InChI=1S/C21H21F3N2O6/c1-30-14-6-8-18(31-2)15(11-14)17-4-3-9-25(17)20(27)12-32-19-7-5-13(26(28)29)10-16(19)21(22,23)24/h5-8,10-11,17H,3-4,9,12H2,1-2H3. The molecule has 0 aliphatic carbocycles. The fourth-order valence-corrected chi connectivity index (χ4v) is 3.69. The molecule has 0 aromatic heterocycles. The molecule has 0 radical (unpaired) electrons. The van der Waals surface area contributed by atoms with Crippen molar-refractivity contribution in [2.24, 2.45) is 0 Å². The van der Waals surface area contributed by atoms with E-state index in [1.807, 2.05) is 0 Å². The van der Waals surface area contributed by atoms with Gasteiger partial charge in [-0.05, 0) is 37.1 Å². The van der Waals surface area contributed by atoms with Crippen LogP contribution in [-0.2, 0) is 11.0 Å². The number of benzene rings is 2. The largest absolute Gasteiger partial charge is 0.497 e. The summed E-state index contributed by atoms with van der Waals surface area (Å²) in [5, 5.41) is 10.8. The number of nitro benzene ring substituents is 1. The Hall–Kier alpha value is -3.50. The fraction of sp³-hybridized carbons (Fsp3) is 0.381. The van der Waals surface area contributed by atoms with Crippen LogP contribution in [0, 0.1) is 10.1 Å². The van der Waals surface area contributed by atoms with Gasteiger partial charge in [-0.2, -0.15) is 13.2 Å². The van der Waals surface area contributed by atoms with Crippen LogP contribution in [0.2, 0.25) is 0 Å². The third-order valence-corrected chi connectivity index (χ3v) is 5.20. The Balaban J connectivity index is 1.80. The van der Waals surface area contributed by atoms with Crippen LogP contribution in [0.3, 0.4) is 0 Å². The van der Waals surface area contributed by atoms with Crippen molar-refractivity contribution < 1.29 is 37.1 Å². The first-order chi connectivity index (χ1) is 15.2. The van der Waals surface area contributed by atoms with Gasteiger partial charge in [0, 0.05) is 24.2 Å². The summed E-state index contributed by atoms with van der Waals surface area (Å²) in [5.74, 6) is -0.0156. The molecule has 1 amide bonds. The van der Waals surface area contributed by atoms with Crippen LogP contribution in [0.4, 0.5) is 18.9 Å². The minimum Gasteiger partial charge on any atom is -0.497 e. The summed E-state index contributed by atoms with van der Waals surface area (Å²) < 4.78 is 55.8. The summed E-state index contributed by atoms with van der Waals surface area (Å²) >= 11 is 0. The molecule has 1 fully saturated rings. The highest BCUT2D eigenvalue weighted by atomic mass is 19.4. The summed E-state index contributed by atoms with van der Waals surface area (Å²) in [7, 11) is 3.02. The van der Waals surface area contributed by atoms with Crippen molar-refractivity contribution in [1.82, 2.24) is 4.90 Å². The number of alkyl halides is 3. The molecule has 2 aromatic rings. The van der Waals surface area contributed by atoms with E-state index in [2.05, 4.69) is 0 Å². The molecule has 8 nitrogen and oxygen atoms in total. The molecule has 1 heterocycles. The Morgan fingerprint density at radius 2 is 1.88 bits per heavy atom. The van der Waals surface area contributed by atoms with Gasteiger partial charge in [0.1, 0.15) is 22.8 Å². The zero-order valence-electron chi connectivity index (χ0n) is 17.3. The predicted octanol–water partition coefficient (Wildman–Crippen LogP) is 4.37. The lowest BCUT2D eigenvalue weighted by Gasteiger charge is -2.27. The number of amides is 1. The highest BCUT2D eigenvalue weighted by molar-refractivity contribution is 5.79. The fourth-order valence-electron chi connectivity index (χ4n) is 3.69. The zero-order chi connectivity index (χ0) is 23.5. The molecule has 3 rings (SSSR count). The minimum atomic E-state index is -4.88. The van der Waals surface area contributed by atoms with Gasteiger partial charge in [-0.3, -0.25) is 14.9 Å². The highest BCUT2D eigenvalue weighted by Crippen LogP contribution is 2.40. The second kappa shape index (κ2) is 9.33. The first-order valence-electron chi connectivity index (χ1n) is 9.65. The van der Waals surface area contributed by atoms with Crippen molar-refractivity contribution in [3.63, 3.8) is 0 Å². The number of carbonyl (C=O) groups excluding carboxylic acids is 1. The van der Waals surface area contributed by atoms with Crippen LogP contribution in [0.15, 0.2) is 36.4 Å². The monoisotopic (exact) mass is 454 g/mol. The number of likely N-dealkylation sites (tertiary alicyclic amines) is 1. The first kappa shape index (κ1) is 23.2. The minimum absolute atomic E-state index is 0.352. The van der Waals surface area contributed by atoms with Crippen LogP contribution in [0.5, 0.6) is 17.2 Å². The third-order valence-electron chi connectivity index (χ3n) is 5.20. The summed E-state index contributed by atoms with van der Waals surface area (Å²) in [4.78, 5) is 24.2. The molecule has 1 aliphatic rings. The average Bonchev–Trinajstić information content (AvgIpc) is 3.26. The highest BCUT2D eigenvalue weighted by Gasteiger charge is 2.37. The van der Waals surface area contributed by atoms with E-state index >= 15 is 0 Å². The first-order valence-corrected chi connectivity index (χ1v) is 9.65. The van der Waals surface area contributed by atoms with Crippen molar-refractivity contribution in [1.29, 1.82) is 0 Å². The Bertz CT molecular complexity index is 1010. The van der Waals surface area contributed by atoms with Crippen molar-refractivity contribution >= 4 is 11.6 Å². The number of nitrogens with zero attached hydrogens (tertiary/aromatic N) is 2. The molecule has 0 bridgehead atoms. The Morgan fingerprint density at radius 3 is 2.50 bits per heavy atom. The lowest BCUT2D eigenvalue weighted by atomic mass is 10.0. The van der Waals surface area contributed by atoms with Gasteiger partial charge in [-0.15, -0.1) is 0 Å².